The van der Waals surface area contributed by atoms with Crippen LogP contribution in [0.5, 0.6) is 11.5 Å². The summed E-state index contributed by atoms with van der Waals surface area (Å²) < 4.78 is 18.2. The molecular weight excluding hydrogens is 488 g/mol. The predicted octanol–water partition coefficient (Wildman–Crippen LogP) is 3.86. The summed E-state index contributed by atoms with van der Waals surface area (Å²) >= 11 is 7.36. The zero-order valence-electron chi connectivity index (χ0n) is 20.0. The van der Waals surface area contributed by atoms with Crippen molar-refractivity contribution in [2.24, 2.45) is 4.99 Å². The number of hydrogen-bond acceptors (Lipinski definition) is 7. The maximum absolute atomic E-state index is 13.7. The number of esters is 1. The van der Waals surface area contributed by atoms with Crippen LogP contribution in [0.2, 0.25) is 5.02 Å². The molecule has 0 amide bonds. The summed E-state index contributed by atoms with van der Waals surface area (Å²) in [6, 6.07) is 11.8. The number of hydrogen-bond donors (Lipinski definition) is 0. The molecule has 2 aromatic carbocycles. The van der Waals surface area contributed by atoms with E-state index in [9.17, 15) is 9.59 Å². The molecule has 1 unspecified atom stereocenters. The van der Waals surface area contributed by atoms with Gasteiger partial charge >= 0.3 is 5.97 Å². The van der Waals surface area contributed by atoms with Crippen LogP contribution in [0.15, 0.2) is 63.5 Å². The fourth-order valence-corrected chi connectivity index (χ4v) is 5.09. The van der Waals surface area contributed by atoms with Gasteiger partial charge in [-0.3, -0.25) is 9.36 Å². The van der Waals surface area contributed by atoms with Crippen LogP contribution < -0.4 is 24.4 Å². The first-order valence-corrected chi connectivity index (χ1v) is 12.1. The van der Waals surface area contributed by atoms with Crippen LogP contribution in [0, 0.1) is 0 Å². The summed E-state index contributed by atoms with van der Waals surface area (Å²) in [7, 11) is 3.12. The van der Waals surface area contributed by atoms with Gasteiger partial charge in [0.15, 0.2) is 16.3 Å². The molecule has 7 nitrogen and oxygen atoms in total. The van der Waals surface area contributed by atoms with Crippen LogP contribution in [0.3, 0.4) is 0 Å². The minimum atomic E-state index is -0.692. The fraction of sp³-hybridized carbons (Fsp3) is 0.269. The Balaban J connectivity index is 1.92. The molecule has 0 spiro atoms. The van der Waals surface area contributed by atoms with E-state index in [-0.39, 0.29) is 11.7 Å². The van der Waals surface area contributed by atoms with Gasteiger partial charge in [-0.1, -0.05) is 41.1 Å². The molecule has 1 aliphatic heterocycles. The SMILES string of the molecule is COc1ccc(/C=c2\sc3n(c2=O)C(c2ccc(Cl)cc2)C(C(=O)OC(C)C)=C(C)N=3)cc1OC. The molecule has 35 heavy (non-hydrogen) atoms. The monoisotopic (exact) mass is 512 g/mol. The predicted molar refractivity (Wildman–Crippen MR) is 136 cm³/mol. The second-order valence-electron chi connectivity index (χ2n) is 8.20. The number of halogens is 1. The second-order valence-corrected chi connectivity index (χ2v) is 9.65. The lowest BCUT2D eigenvalue weighted by Gasteiger charge is -2.25. The van der Waals surface area contributed by atoms with Gasteiger partial charge in [-0.2, -0.15) is 0 Å². The molecule has 4 rings (SSSR count). The molecule has 0 aliphatic carbocycles. The third-order valence-corrected chi connectivity index (χ3v) is 6.71. The number of thiazole rings is 1. The molecule has 1 atom stereocenters. The standard InChI is InChI=1S/C26H25ClN2O5S/c1-14(2)34-25(31)22-15(3)28-26-29(23(22)17-7-9-18(27)10-8-17)24(30)21(35-26)13-16-6-11-19(32-4)20(12-16)33-5/h6-14,23H,1-5H3/b21-13-. The summed E-state index contributed by atoms with van der Waals surface area (Å²) in [5.41, 5.74) is 2.08. The summed E-state index contributed by atoms with van der Waals surface area (Å²) in [5, 5.41) is 0.557. The molecule has 9 heteroatoms. The van der Waals surface area contributed by atoms with Gasteiger partial charge in [-0.25, -0.2) is 9.79 Å². The fourth-order valence-electron chi connectivity index (χ4n) is 3.91. The maximum Gasteiger partial charge on any atom is 0.338 e. The average Bonchev–Trinajstić information content (AvgIpc) is 3.12. The van der Waals surface area contributed by atoms with Gasteiger partial charge in [-0.15, -0.1) is 0 Å². The van der Waals surface area contributed by atoms with Crippen molar-refractivity contribution >= 4 is 35.0 Å². The number of aromatic nitrogens is 1. The highest BCUT2D eigenvalue weighted by atomic mass is 35.5. The minimum Gasteiger partial charge on any atom is -0.493 e. The zero-order valence-corrected chi connectivity index (χ0v) is 21.6. The van der Waals surface area contributed by atoms with Crippen molar-refractivity contribution < 1.29 is 19.0 Å². The lowest BCUT2D eigenvalue weighted by Crippen LogP contribution is -2.40. The first kappa shape index (κ1) is 24.8. The lowest BCUT2D eigenvalue weighted by molar-refractivity contribution is -0.143. The molecule has 0 saturated heterocycles. The van der Waals surface area contributed by atoms with Gasteiger partial charge < -0.3 is 14.2 Å². The molecule has 1 aliphatic rings. The van der Waals surface area contributed by atoms with Crippen molar-refractivity contribution in [3.05, 3.63) is 89.6 Å². The number of methoxy groups -OCH3 is 2. The molecule has 0 bridgehead atoms. The molecule has 0 N–H and O–H groups in total. The molecule has 3 aromatic rings. The van der Waals surface area contributed by atoms with Crippen LogP contribution >= 0.6 is 22.9 Å². The number of ether oxygens (including phenoxy) is 3. The summed E-state index contributed by atoms with van der Waals surface area (Å²) in [4.78, 5) is 31.9. The van der Waals surface area contributed by atoms with E-state index in [0.29, 0.717) is 37.1 Å². The Hall–Kier alpha value is -3.36. The van der Waals surface area contributed by atoms with E-state index in [1.165, 1.54) is 11.3 Å². The van der Waals surface area contributed by atoms with E-state index < -0.39 is 12.0 Å². The highest BCUT2D eigenvalue weighted by Gasteiger charge is 2.33. The smallest absolute Gasteiger partial charge is 0.338 e. The van der Waals surface area contributed by atoms with E-state index in [0.717, 1.165) is 11.1 Å². The van der Waals surface area contributed by atoms with Gasteiger partial charge in [0.2, 0.25) is 0 Å². The highest BCUT2D eigenvalue weighted by Crippen LogP contribution is 2.32. The van der Waals surface area contributed by atoms with Crippen LogP contribution in [0.25, 0.3) is 6.08 Å². The van der Waals surface area contributed by atoms with Crippen molar-refractivity contribution in [3.63, 3.8) is 0 Å². The Morgan fingerprint density at radius 2 is 1.80 bits per heavy atom. The van der Waals surface area contributed by atoms with Crippen LogP contribution in [-0.4, -0.2) is 30.9 Å². The van der Waals surface area contributed by atoms with Gasteiger partial charge in [0.25, 0.3) is 5.56 Å². The van der Waals surface area contributed by atoms with Gasteiger partial charge in [0.05, 0.1) is 42.2 Å². The van der Waals surface area contributed by atoms with E-state index in [4.69, 9.17) is 25.8 Å². The molecule has 2 heterocycles. The van der Waals surface area contributed by atoms with E-state index in [1.54, 1.807) is 82.0 Å². The minimum absolute atomic E-state index is 0.258. The molecule has 182 valence electrons. The van der Waals surface area contributed by atoms with E-state index in [1.807, 2.05) is 6.07 Å². The van der Waals surface area contributed by atoms with Crippen LogP contribution in [0.4, 0.5) is 0 Å². The Morgan fingerprint density at radius 3 is 2.43 bits per heavy atom. The maximum atomic E-state index is 13.7. The van der Waals surface area contributed by atoms with Gasteiger partial charge in [-0.05, 0) is 62.2 Å². The lowest BCUT2D eigenvalue weighted by atomic mass is 9.96. The molecule has 0 fully saturated rings. The van der Waals surface area contributed by atoms with Crippen LogP contribution in [-0.2, 0) is 9.53 Å². The van der Waals surface area contributed by atoms with Crippen LogP contribution in [0.1, 0.15) is 37.9 Å². The van der Waals surface area contributed by atoms with Crippen molar-refractivity contribution in [1.82, 2.24) is 4.57 Å². The highest BCUT2D eigenvalue weighted by molar-refractivity contribution is 7.07. The normalized spacial score (nSPS) is 15.6. The van der Waals surface area contributed by atoms with Crippen molar-refractivity contribution in [1.29, 1.82) is 0 Å². The molecule has 0 saturated carbocycles. The third-order valence-electron chi connectivity index (χ3n) is 5.48. The largest absolute Gasteiger partial charge is 0.493 e. The molecule has 0 radical (unpaired) electrons. The Bertz CT molecular complexity index is 1490. The number of carbonyl (C=O) groups excluding carboxylic acids is 1. The van der Waals surface area contributed by atoms with E-state index >= 15 is 0 Å². The number of nitrogens with zero attached hydrogens (tertiary/aromatic N) is 2. The average molecular weight is 513 g/mol. The van der Waals surface area contributed by atoms with Crippen molar-refractivity contribution in [2.75, 3.05) is 14.2 Å². The first-order chi connectivity index (χ1) is 16.7. The van der Waals surface area contributed by atoms with Crippen molar-refractivity contribution in [3.8, 4) is 11.5 Å². The Labute approximate surface area is 211 Å². The van der Waals surface area contributed by atoms with Gasteiger partial charge in [0.1, 0.15) is 0 Å². The Morgan fingerprint density at radius 1 is 1.11 bits per heavy atom. The first-order valence-electron chi connectivity index (χ1n) is 10.9. The second kappa shape index (κ2) is 10.1. The number of carbonyl (C=O) groups is 1. The third kappa shape index (κ3) is 4.90. The molecule has 1 aromatic heterocycles. The zero-order chi connectivity index (χ0) is 25.3. The summed E-state index contributed by atoms with van der Waals surface area (Å²) in [6.07, 6.45) is 1.46. The summed E-state index contributed by atoms with van der Waals surface area (Å²) in [6.45, 7) is 5.32. The number of benzene rings is 2. The van der Waals surface area contributed by atoms with E-state index in [2.05, 4.69) is 4.99 Å². The topological polar surface area (TPSA) is 79.1 Å². The van der Waals surface area contributed by atoms with Crippen molar-refractivity contribution in [2.45, 2.75) is 32.9 Å². The Kier molecular flexibility index (Phi) is 7.14. The summed E-state index contributed by atoms with van der Waals surface area (Å²) in [5.74, 6) is 0.649. The molecular formula is C26H25ClN2O5S. The number of allylic oxidation sites excluding steroid dienone is 1. The quantitative estimate of drug-likeness (QED) is 0.469. The number of fused-ring (bicyclic) bond motifs is 1. The number of rotatable bonds is 6. The van der Waals surface area contributed by atoms with Gasteiger partial charge in [0, 0.05) is 5.02 Å².